The molecule has 0 aliphatic heterocycles. The second-order valence-electron chi connectivity index (χ2n) is 5.09. The molecule has 110 valence electrons. The summed E-state index contributed by atoms with van der Waals surface area (Å²) in [5.41, 5.74) is 8.13. The summed E-state index contributed by atoms with van der Waals surface area (Å²) in [5, 5.41) is 10.5. The van der Waals surface area contributed by atoms with Crippen molar-refractivity contribution in [3.05, 3.63) is 29.3 Å². The first-order valence-electron chi connectivity index (χ1n) is 6.49. The molecule has 2 amide bonds. The van der Waals surface area contributed by atoms with Crippen LogP contribution in [-0.4, -0.2) is 18.5 Å². The van der Waals surface area contributed by atoms with Gasteiger partial charge in [-0.1, -0.05) is 18.2 Å². The number of carbonyl (C=O) groups is 1. The average Bonchev–Trinajstić information content (AvgIpc) is 3.14. The zero-order valence-electron chi connectivity index (χ0n) is 11.8. The number of rotatable bonds is 3. The quantitative estimate of drug-likeness (QED) is 0.592. The fraction of sp³-hybridized carbons (Fsp3) is 0.429. The first kappa shape index (κ1) is 16.3. The van der Waals surface area contributed by atoms with Gasteiger partial charge in [0.25, 0.3) is 0 Å². The third-order valence-electron chi connectivity index (χ3n) is 3.35. The summed E-state index contributed by atoms with van der Waals surface area (Å²) in [5.74, 6) is 0.335. The highest BCUT2D eigenvalue weighted by Gasteiger charge is 2.26. The molecule has 6 heteroatoms. The van der Waals surface area contributed by atoms with E-state index in [4.69, 9.17) is 11.1 Å². The summed E-state index contributed by atoms with van der Waals surface area (Å²) in [6, 6.07) is 5.42. The number of benzene rings is 1. The van der Waals surface area contributed by atoms with E-state index in [1.165, 1.54) is 17.7 Å². The van der Waals surface area contributed by atoms with E-state index in [0.29, 0.717) is 18.2 Å². The third-order valence-corrected chi connectivity index (χ3v) is 3.35. The molecule has 5 nitrogen and oxygen atoms in total. The van der Waals surface area contributed by atoms with Crippen LogP contribution in [0.25, 0.3) is 0 Å². The monoisotopic (exact) mass is 296 g/mol. The van der Waals surface area contributed by atoms with Gasteiger partial charge in [0.1, 0.15) is 0 Å². The van der Waals surface area contributed by atoms with Crippen LogP contribution in [0.5, 0.6) is 0 Å². The zero-order valence-corrected chi connectivity index (χ0v) is 12.6. The number of nitrogens with two attached hydrogens (primary N) is 1. The van der Waals surface area contributed by atoms with Crippen LogP contribution in [0.2, 0.25) is 0 Å². The number of nitrogens with zero attached hydrogens (tertiary/aromatic N) is 1. The summed E-state index contributed by atoms with van der Waals surface area (Å²) < 4.78 is 0. The summed E-state index contributed by atoms with van der Waals surface area (Å²) >= 11 is 0. The van der Waals surface area contributed by atoms with Crippen LogP contribution in [0, 0.1) is 25.2 Å². The van der Waals surface area contributed by atoms with Gasteiger partial charge in [-0.2, -0.15) is 0 Å². The highest BCUT2D eigenvalue weighted by Crippen LogP contribution is 2.28. The molecule has 1 aliphatic rings. The second-order valence-corrected chi connectivity index (χ2v) is 5.09. The second kappa shape index (κ2) is 6.61. The van der Waals surface area contributed by atoms with Gasteiger partial charge in [-0.25, -0.2) is 9.69 Å². The van der Waals surface area contributed by atoms with Crippen LogP contribution < -0.4 is 16.0 Å². The van der Waals surface area contributed by atoms with Crippen molar-refractivity contribution in [3.63, 3.8) is 0 Å². The Labute approximate surface area is 125 Å². The number of para-hydroxylation sites is 1. The van der Waals surface area contributed by atoms with Crippen LogP contribution in [0.15, 0.2) is 18.2 Å². The standard InChI is InChI=1S/C14H20N4O.ClH/c1-9-4-3-5-10(2)12(9)18(13(15)16)14(19)17-8-11-6-7-11;/h3-5,11H,6-8H2,1-2H3,(H3,15,16)(H,17,19);1H. The van der Waals surface area contributed by atoms with Gasteiger partial charge in [0.05, 0.1) is 5.69 Å². The van der Waals surface area contributed by atoms with E-state index in [1.54, 1.807) is 0 Å². The predicted molar refractivity (Wildman–Crippen MR) is 83.7 cm³/mol. The molecule has 1 saturated carbocycles. The van der Waals surface area contributed by atoms with Gasteiger partial charge < -0.3 is 11.1 Å². The van der Waals surface area contributed by atoms with E-state index >= 15 is 0 Å². The van der Waals surface area contributed by atoms with Crippen molar-refractivity contribution in [2.45, 2.75) is 26.7 Å². The minimum absolute atomic E-state index is 0. The lowest BCUT2D eigenvalue weighted by molar-refractivity contribution is 0.248. The minimum atomic E-state index is -0.322. The van der Waals surface area contributed by atoms with Crippen molar-refractivity contribution in [1.29, 1.82) is 5.41 Å². The normalized spacial score (nSPS) is 13.3. The zero-order chi connectivity index (χ0) is 14.0. The maximum atomic E-state index is 12.2. The molecule has 0 atom stereocenters. The Kier molecular flexibility index (Phi) is 5.39. The number of urea groups is 1. The van der Waals surface area contributed by atoms with Crippen molar-refractivity contribution in [2.24, 2.45) is 11.7 Å². The Morgan fingerprint density at radius 3 is 2.40 bits per heavy atom. The third kappa shape index (κ3) is 3.63. The van der Waals surface area contributed by atoms with Gasteiger partial charge in [-0.15, -0.1) is 12.4 Å². The van der Waals surface area contributed by atoms with Crippen molar-refractivity contribution in [2.75, 3.05) is 11.4 Å². The van der Waals surface area contributed by atoms with Gasteiger partial charge in [-0.3, -0.25) is 5.41 Å². The van der Waals surface area contributed by atoms with Crippen LogP contribution in [0.3, 0.4) is 0 Å². The molecule has 1 aromatic rings. The Hall–Kier alpha value is -1.75. The SMILES string of the molecule is Cc1cccc(C)c1N(C(=N)N)C(=O)NCC1CC1.Cl. The minimum Gasteiger partial charge on any atom is -0.369 e. The van der Waals surface area contributed by atoms with Crippen molar-refractivity contribution >= 4 is 30.1 Å². The lowest BCUT2D eigenvalue weighted by Crippen LogP contribution is -2.48. The van der Waals surface area contributed by atoms with E-state index in [9.17, 15) is 4.79 Å². The van der Waals surface area contributed by atoms with Crippen molar-refractivity contribution in [3.8, 4) is 0 Å². The van der Waals surface area contributed by atoms with Crippen LogP contribution in [0.1, 0.15) is 24.0 Å². The summed E-state index contributed by atoms with van der Waals surface area (Å²) in [4.78, 5) is 13.5. The highest BCUT2D eigenvalue weighted by atomic mass is 35.5. The Bertz CT molecular complexity index is 494. The summed E-state index contributed by atoms with van der Waals surface area (Å²) in [7, 11) is 0. The number of halogens is 1. The maximum absolute atomic E-state index is 12.2. The molecule has 20 heavy (non-hydrogen) atoms. The van der Waals surface area contributed by atoms with Crippen molar-refractivity contribution in [1.82, 2.24) is 5.32 Å². The van der Waals surface area contributed by atoms with Crippen LogP contribution in [0.4, 0.5) is 10.5 Å². The van der Waals surface area contributed by atoms with E-state index in [0.717, 1.165) is 11.1 Å². The number of guanidine groups is 1. The van der Waals surface area contributed by atoms with Gasteiger partial charge in [-0.05, 0) is 43.7 Å². The molecule has 0 saturated heterocycles. The summed E-state index contributed by atoms with van der Waals surface area (Å²) in [6.07, 6.45) is 2.34. The topological polar surface area (TPSA) is 82.2 Å². The van der Waals surface area contributed by atoms with Gasteiger partial charge in [0.2, 0.25) is 5.96 Å². The van der Waals surface area contributed by atoms with E-state index in [-0.39, 0.29) is 24.4 Å². The number of anilines is 1. The molecular formula is C14H21ClN4O. The number of amides is 2. The number of hydrogen-bond acceptors (Lipinski definition) is 2. The molecule has 0 bridgehead atoms. The molecule has 0 unspecified atom stereocenters. The Morgan fingerprint density at radius 1 is 1.40 bits per heavy atom. The highest BCUT2D eigenvalue weighted by molar-refractivity contribution is 6.14. The molecule has 2 rings (SSSR count). The Morgan fingerprint density at radius 2 is 1.95 bits per heavy atom. The first-order chi connectivity index (χ1) is 9.00. The molecular weight excluding hydrogens is 276 g/mol. The molecule has 0 radical (unpaired) electrons. The van der Waals surface area contributed by atoms with Gasteiger partial charge in [0, 0.05) is 6.54 Å². The van der Waals surface area contributed by atoms with Crippen LogP contribution in [-0.2, 0) is 0 Å². The number of aryl methyl sites for hydroxylation is 2. The average molecular weight is 297 g/mol. The first-order valence-corrected chi connectivity index (χ1v) is 6.49. The molecule has 0 aromatic heterocycles. The maximum Gasteiger partial charge on any atom is 0.328 e. The number of nitrogens with one attached hydrogen (secondary N) is 2. The summed E-state index contributed by atoms with van der Waals surface area (Å²) in [6.45, 7) is 4.48. The molecule has 0 heterocycles. The molecule has 1 aliphatic carbocycles. The fourth-order valence-electron chi connectivity index (χ4n) is 2.12. The van der Waals surface area contributed by atoms with E-state index in [2.05, 4.69) is 5.32 Å². The lowest BCUT2D eigenvalue weighted by Gasteiger charge is -2.24. The molecule has 1 aromatic carbocycles. The largest absolute Gasteiger partial charge is 0.369 e. The molecule has 4 N–H and O–H groups in total. The number of carbonyl (C=O) groups excluding carboxylic acids is 1. The van der Waals surface area contributed by atoms with Crippen LogP contribution >= 0.6 is 12.4 Å². The van der Waals surface area contributed by atoms with Gasteiger partial charge >= 0.3 is 6.03 Å². The molecule has 1 fully saturated rings. The molecule has 0 spiro atoms. The van der Waals surface area contributed by atoms with E-state index in [1.807, 2.05) is 32.0 Å². The van der Waals surface area contributed by atoms with Crippen molar-refractivity contribution < 1.29 is 4.79 Å². The fourth-order valence-corrected chi connectivity index (χ4v) is 2.12. The number of hydrogen-bond donors (Lipinski definition) is 3. The predicted octanol–water partition coefficient (Wildman–Crippen LogP) is 2.54. The lowest BCUT2D eigenvalue weighted by atomic mass is 10.1. The Balaban J connectivity index is 0.00000200. The van der Waals surface area contributed by atoms with E-state index < -0.39 is 0 Å². The smallest absolute Gasteiger partial charge is 0.328 e. The van der Waals surface area contributed by atoms with Gasteiger partial charge in [0.15, 0.2) is 0 Å².